The van der Waals surface area contributed by atoms with Crippen molar-refractivity contribution in [1.29, 1.82) is 0 Å². The molecule has 0 aliphatic heterocycles. The monoisotopic (exact) mass is 251 g/mol. The van der Waals surface area contributed by atoms with Crippen LogP contribution in [0.3, 0.4) is 0 Å². The molecule has 0 spiro atoms. The van der Waals surface area contributed by atoms with Crippen LogP contribution >= 0.6 is 11.6 Å². The number of nitrogens with one attached hydrogen (secondary N) is 1. The molecule has 1 aromatic rings. The van der Waals surface area contributed by atoms with Crippen molar-refractivity contribution in [2.24, 2.45) is 5.41 Å². The summed E-state index contributed by atoms with van der Waals surface area (Å²) < 4.78 is 0. The van der Waals surface area contributed by atoms with Gasteiger partial charge in [-0.05, 0) is 42.5 Å². The van der Waals surface area contributed by atoms with Gasteiger partial charge in [0.15, 0.2) is 0 Å². The van der Waals surface area contributed by atoms with Crippen molar-refractivity contribution in [3.05, 3.63) is 34.9 Å². The SMILES string of the molecule is CCNCC1(c2ccc(Cl)cc2)CC(C)(C)C1. The Morgan fingerprint density at radius 3 is 2.24 bits per heavy atom. The minimum absolute atomic E-state index is 0.324. The van der Waals surface area contributed by atoms with E-state index in [0.717, 1.165) is 18.1 Å². The Bertz CT molecular complexity index is 372. The maximum atomic E-state index is 5.97. The second-order valence-corrected chi connectivity index (χ2v) is 6.52. The highest BCUT2D eigenvalue weighted by Gasteiger charge is 2.49. The third-order valence-electron chi connectivity index (χ3n) is 3.80. The maximum Gasteiger partial charge on any atom is 0.0406 e. The molecular weight excluding hydrogens is 230 g/mol. The quantitative estimate of drug-likeness (QED) is 0.853. The summed E-state index contributed by atoms with van der Waals surface area (Å²) in [6.45, 7) is 8.99. The van der Waals surface area contributed by atoms with Crippen LogP contribution in [0.5, 0.6) is 0 Å². The van der Waals surface area contributed by atoms with E-state index in [9.17, 15) is 0 Å². The number of benzene rings is 1. The van der Waals surface area contributed by atoms with Gasteiger partial charge in [-0.3, -0.25) is 0 Å². The molecule has 1 aliphatic carbocycles. The highest BCUT2D eigenvalue weighted by atomic mass is 35.5. The zero-order valence-corrected chi connectivity index (χ0v) is 11.8. The Labute approximate surface area is 110 Å². The normalized spacial score (nSPS) is 20.9. The topological polar surface area (TPSA) is 12.0 Å². The van der Waals surface area contributed by atoms with Crippen LogP contribution in [0.4, 0.5) is 0 Å². The van der Waals surface area contributed by atoms with Gasteiger partial charge in [0, 0.05) is 17.0 Å². The molecule has 0 heterocycles. The molecule has 0 radical (unpaired) electrons. The van der Waals surface area contributed by atoms with E-state index >= 15 is 0 Å². The average Bonchev–Trinajstić information content (AvgIpc) is 2.24. The summed E-state index contributed by atoms with van der Waals surface area (Å²) in [6.07, 6.45) is 2.52. The Hall–Kier alpha value is -0.530. The van der Waals surface area contributed by atoms with Gasteiger partial charge in [-0.2, -0.15) is 0 Å². The van der Waals surface area contributed by atoms with Gasteiger partial charge in [0.1, 0.15) is 0 Å². The van der Waals surface area contributed by atoms with Gasteiger partial charge in [0.05, 0.1) is 0 Å². The number of likely N-dealkylation sites (N-methyl/N-ethyl adjacent to an activating group) is 1. The van der Waals surface area contributed by atoms with Crippen molar-refractivity contribution in [1.82, 2.24) is 5.32 Å². The molecule has 1 aliphatic rings. The summed E-state index contributed by atoms with van der Waals surface area (Å²) in [5.74, 6) is 0. The zero-order chi connectivity index (χ0) is 12.5. The van der Waals surface area contributed by atoms with Crippen LogP contribution in [0, 0.1) is 5.41 Å². The number of hydrogen-bond acceptors (Lipinski definition) is 1. The summed E-state index contributed by atoms with van der Waals surface area (Å²) in [7, 11) is 0. The van der Waals surface area contributed by atoms with E-state index in [1.54, 1.807) is 0 Å². The van der Waals surface area contributed by atoms with Crippen molar-refractivity contribution in [2.45, 2.75) is 39.0 Å². The molecule has 0 unspecified atom stereocenters. The molecule has 0 atom stereocenters. The molecule has 0 bridgehead atoms. The van der Waals surface area contributed by atoms with Crippen LogP contribution in [0.25, 0.3) is 0 Å². The lowest BCUT2D eigenvalue weighted by Gasteiger charge is -2.54. The first-order valence-corrected chi connectivity index (χ1v) is 6.82. The standard InChI is InChI=1S/C15H22ClN/c1-4-17-11-15(9-14(2,3)10-15)12-5-7-13(16)8-6-12/h5-8,17H,4,9-11H2,1-3H3. The third-order valence-corrected chi connectivity index (χ3v) is 4.06. The molecule has 2 rings (SSSR count). The number of rotatable bonds is 4. The Kier molecular flexibility index (Phi) is 3.51. The van der Waals surface area contributed by atoms with Crippen molar-refractivity contribution >= 4 is 11.6 Å². The Morgan fingerprint density at radius 2 is 1.76 bits per heavy atom. The van der Waals surface area contributed by atoms with E-state index in [2.05, 4.69) is 38.2 Å². The number of hydrogen-bond donors (Lipinski definition) is 1. The van der Waals surface area contributed by atoms with Gasteiger partial charge in [-0.15, -0.1) is 0 Å². The summed E-state index contributed by atoms with van der Waals surface area (Å²) in [4.78, 5) is 0. The van der Waals surface area contributed by atoms with E-state index in [1.807, 2.05) is 12.1 Å². The summed E-state index contributed by atoms with van der Waals surface area (Å²) in [5.41, 5.74) is 2.24. The Balaban J connectivity index is 2.20. The van der Waals surface area contributed by atoms with Crippen LogP contribution in [0.15, 0.2) is 24.3 Å². The van der Waals surface area contributed by atoms with E-state index in [4.69, 9.17) is 11.6 Å². The molecule has 1 aromatic carbocycles. The molecule has 1 fully saturated rings. The van der Waals surface area contributed by atoms with Gasteiger partial charge >= 0.3 is 0 Å². The van der Waals surface area contributed by atoms with Gasteiger partial charge in [0.2, 0.25) is 0 Å². The lowest BCUT2D eigenvalue weighted by molar-refractivity contribution is 0.0567. The molecular formula is C15H22ClN. The molecule has 1 N–H and O–H groups in total. The van der Waals surface area contributed by atoms with E-state index in [-0.39, 0.29) is 0 Å². The van der Waals surface area contributed by atoms with E-state index in [1.165, 1.54) is 18.4 Å². The predicted octanol–water partition coefficient (Wildman–Crippen LogP) is 4.01. The zero-order valence-electron chi connectivity index (χ0n) is 11.0. The van der Waals surface area contributed by atoms with Crippen LogP contribution in [0.1, 0.15) is 39.2 Å². The highest BCUT2D eigenvalue weighted by molar-refractivity contribution is 6.30. The minimum Gasteiger partial charge on any atom is -0.316 e. The highest BCUT2D eigenvalue weighted by Crippen LogP contribution is 2.55. The number of halogens is 1. The van der Waals surface area contributed by atoms with Crippen LogP contribution < -0.4 is 5.32 Å². The van der Waals surface area contributed by atoms with E-state index < -0.39 is 0 Å². The smallest absolute Gasteiger partial charge is 0.0406 e. The molecule has 94 valence electrons. The fourth-order valence-corrected chi connectivity index (χ4v) is 3.51. The Morgan fingerprint density at radius 1 is 1.18 bits per heavy atom. The molecule has 1 nitrogen and oxygen atoms in total. The van der Waals surface area contributed by atoms with Crippen molar-refractivity contribution in [2.75, 3.05) is 13.1 Å². The maximum absolute atomic E-state index is 5.97. The summed E-state index contributed by atoms with van der Waals surface area (Å²) in [5, 5.41) is 4.33. The third kappa shape index (κ3) is 2.66. The van der Waals surface area contributed by atoms with Crippen LogP contribution in [-0.2, 0) is 5.41 Å². The fourth-order valence-electron chi connectivity index (χ4n) is 3.38. The van der Waals surface area contributed by atoms with E-state index in [0.29, 0.717) is 10.8 Å². The molecule has 17 heavy (non-hydrogen) atoms. The van der Waals surface area contributed by atoms with Gasteiger partial charge < -0.3 is 5.32 Å². The molecule has 1 saturated carbocycles. The molecule has 2 heteroatoms. The second-order valence-electron chi connectivity index (χ2n) is 6.09. The molecule has 0 amide bonds. The van der Waals surface area contributed by atoms with Gasteiger partial charge in [-0.25, -0.2) is 0 Å². The first-order valence-electron chi connectivity index (χ1n) is 6.44. The lowest BCUT2D eigenvalue weighted by Crippen LogP contribution is -2.52. The largest absolute Gasteiger partial charge is 0.316 e. The first kappa shape index (κ1) is 12.9. The molecule has 0 saturated heterocycles. The van der Waals surface area contributed by atoms with Crippen molar-refractivity contribution < 1.29 is 0 Å². The van der Waals surface area contributed by atoms with Crippen LogP contribution in [-0.4, -0.2) is 13.1 Å². The first-order chi connectivity index (χ1) is 7.97. The minimum atomic E-state index is 0.324. The summed E-state index contributed by atoms with van der Waals surface area (Å²) >= 11 is 5.97. The second kappa shape index (κ2) is 4.62. The van der Waals surface area contributed by atoms with Crippen molar-refractivity contribution in [3.63, 3.8) is 0 Å². The van der Waals surface area contributed by atoms with Gasteiger partial charge in [0.25, 0.3) is 0 Å². The predicted molar refractivity (Wildman–Crippen MR) is 74.7 cm³/mol. The lowest BCUT2D eigenvalue weighted by atomic mass is 9.52. The average molecular weight is 252 g/mol. The van der Waals surface area contributed by atoms with Crippen molar-refractivity contribution in [3.8, 4) is 0 Å². The summed E-state index contributed by atoms with van der Waals surface area (Å²) in [6, 6.07) is 8.40. The van der Waals surface area contributed by atoms with Gasteiger partial charge in [-0.1, -0.05) is 44.5 Å². The van der Waals surface area contributed by atoms with Crippen LogP contribution in [0.2, 0.25) is 5.02 Å². The molecule has 0 aromatic heterocycles. The fraction of sp³-hybridized carbons (Fsp3) is 0.600.